The standard InChI is InChI=1S/C25H24F3N7O2S/c1-13-9-24(37,4-2-18(13)21(29)36)22-31-12-19(38-22)15-6-14(16-10-32-33-11-16)7-17(8-15)34-23-30-5-3-20(35-23)25(26,27)28/h3,5-8,10-13,18,37H,2,4,9H2,1H3,(H2,29,36)(H,32,33)(H,30,34,35)/t13-,18+,24+/m1/s1. The van der Waals surface area contributed by atoms with Gasteiger partial charge in [-0.1, -0.05) is 6.92 Å². The molecule has 3 atom stereocenters. The number of rotatable bonds is 6. The number of aromatic amines is 1. The van der Waals surface area contributed by atoms with Crippen LogP contribution in [0.4, 0.5) is 24.8 Å². The number of carbonyl (C=O) groups is 1. The van der Waals surface area contributed by atoms with E-state index in [1.54, 1.807) is 30.7 Å². The van der Waals surface area contributed by atoms with Crippen LogP contribution in [0.2, 0.25) is 0 Å². The quantitative estimate of drug-likeness (QED) is 0.272. The van der Waals surface area contributed by atoms with Crippen LogP contribution in [0.25, 0.3) is 21.6 Å². The lowest BCUT2D eigenvalue weighted by Gasteiger charge is -2.37. The SMILES string of the molecule is C[C@@H]1C[C@](O)(c2ncc(-c3cc(Nc4nccc(C(F)(F)F)n4)cc(-c4cn[nH]c4)c3)s2)CC[C@@H]1C(N)=O. The second kappa shape index (κ2) is 9.80. The van der Waals surface area contributed by atoms with Crippen molar-refractivity contribution in [2.45, 2.75) is 38.0 Å². The van der Waals surface area contributed by atoms with Crippen molar-refractivity contribution in [1.29, 1.82) is 0 Å². The monoisotopic (exact) mass is 543 g/mol. The van der Waals surface area contributed by atoms with Gasteiger partial charge in [-0.25, -0.2) is 15.0 Å². The molecule has 0 aliphatic heterocycles. The molecule has 3 aromatic heterocycles. The number of primary amides is 1. The van der Waals surface area contributed by atoms with E-state index in [-0.39, 0.29) is 23.7 Å². The van der Waals surface area contributed by atoms with Crippen LogP contribution in [0, 0.1) is 11.8 Å². The number of amides is 1. The fourth-order valence-electron chi connectivity index (χ4n) is 4.82. The van der Waals surface area contributed by atoms with Gasteiger partial charge in [0.1, 0.15) is 16.3 Å². The molecule has 0 bridgehead atoms. The summed E-state index contributed by atoms with van der Waals surface area (Å²) in [5.41, 5.74) is 5.97. The Morgan fingerprint density at radius 2 is 2.00 bits per heavy atom. The number of H-pyrrole nitrogens is 1. The van der Waals surface area contributed by atoms with Crippen LogP contribution in [-0.2, 0) is 16.6 Å². The van der Waals surface area contributed by atoms with Gasteiger partial charge in [0.05, 0.1) is 11.1 Å². The largest absolute Gasteiger partial charge is 0.433 e. The smallest absolute Gasteiger partial charge is 0.383 e. The normalized spacial score (nSPS) is 21.8. The summed E-state index contributed by atoms with van der Waals surface area (Å²) in [7, 11) is 0. The summed E-state index contributed by atoms with van der Waals surface area (Å²) in [4.78, 5) is 24.5. The second-order valence-corrected chi connectivity index (χ2v) is 10.5. The van der Waals surface area contributed by atoms with E-state index in [4.69, 9.17) is 5.73 Å². The van der Waals surface area contributed by atoms with Gasteiger partial charge >= 0.3 is 6.18 Å². The van der Waals surface area contributed by atoms with E-state index in [2.05, 4.69) is 30.5 Å². The molecule has 13 heteroatoms. The number of aromatic nitrogens is 5. The summed E-state index contributed by atoms with van der Waals surface area (Å²) in [6, 6.07) is 6.21. The average molecular weight is 544 g/mol. The maximum atomic E-state index is 13.1. The highest BCUT2D eigenvalue weighted by Gasteiger charge is 2.42. The van der Waals surface area contributed by atoms with Gasteiger partial charge < -0.3 is 16.2 Å². The maximum Gasteiger partial charge on any atom is 0.433 e. The highest BCUT2D eigenvalue weighted by molar-refractivity contribution is 7.15. The first-order valence-electron chi connectivity index (χ1n) is 11.8. The van der Waals surface area contributed by atoms with Gasteiger partial charge in [-0.3, -0.25) is 9.89 Å². The molecular weight excluding hydrogens is 519 g/mol. The molecule has 198 valence electrons. The number of aliphatic hydroxyl groups is 1. The minimum atomic E-state index is -4.60. The molecule has 5 rings (SSSR count). The van der Waals surface area contributed by atoms with Gasteiger partial charge in [-0.15, -0.1) is 11.3 Å². The van der Waals surface area contributed by atoms with E-state index in [9.17, 15) is 23.1 Å². The van der Waals surface area contributed by atoms with Crippen LogP contribution in [-0.4, -0.2) is 36.2 Å². The number of anilines is 2. The Morgan fingerprint density at radius 3 is 2.68 bits per heavy atom. The molecule has 0 unspecified atom stereocenters. The minimum Gasteiger partial charge on any atom is -0.383 e. The Balaban J connectivity index is 1.48. The molecular formula is C25H24F3N7O2S. The summed E-state index contributed by atoms with van der Waals surface area (Å²) < 4.78 is 39.4. The first-order valence-corrected chi connectivity index (χ1v) is 12.6. The van der Waals surface area contributed by atoms with Crippen molar-refractivity contribution in [2.24, 2.45) is 17.6 Å². The number of carbonyl (C=O) groups excluding carboxylic acids is 1. The molecule has 1 amide bonds. The van der Waals surface area contributed by atoms with Crippen LogP contribution >= 0.6 is 11.3 Å². The van der Waals surface area contributed by atoms with Crippen molar-refractivity contribution in [1.82, 2.24) is 25.1 Å². The number of hydrogen-bond acceptors (Lipinski definition) is 8. The molecule has 38 heavy (non-hydrogen) atoms. The molecule has 1 aromatic carbocycles. The first-order chi connectivity index (χ1) is 18.0. The predicted molar refractivity (Wildman–Crippen MR) is 135 cm³/mol. The van der Waals surface area contributed by atoms with Gasteiger partial charge in [0.2, 0.25) is 11.9 Å². The first kappa shape index (κ1) is 25.8. The van der Waals surface area contributed by atoms with Crippen molar-refractivity contribution in [2.75, 3.05) is 5.32 Å². The zero-order valence-electron chi connectivity index (χ0n) is 20.2. The number of alkyl halides is 3. The molecule has 0 radical (unpaired) electrons. The fourth-order valence-corrected chi connectivity index (χ4v) is 5.85. The van der Waals surface area contributed by atoms with Crippen LogP contribution in [0.5, 0.6) is 0 Å². The van der Waals surface area contributed by atoms with Crippen LogP contribution in [0.15, 0.2) is 49.1 Å². The number of hydrogen-bond donors (Lipinski definition) is 4. The Bertz CT molecular complexity index is 1460. The number of nitrogens with one attached hydrogen (secondary N) is 2. The minimum absolute atomic E-state index is 0.0914. The predicted octanol–water partition coefficient (Wildman–Crippen LogP) is 4.86. The number of benzene rings is 1. The van der Waals surface area contributed by atoms with Crippen molar-refractivity contribution >= 4 is 28.9 Å². The molecule has 1 fully saturated rings. The highest BCUT2D eigenvalue weighted by Crippen LogP contribution is 2.45. The topological polar surface area (TPSA) is 143 Å². The summed E-state index contributed by atoms with van der Waals surface area (Å²) in [6.07, 6.45) is 2.63. The Kier molecular flexibility index (Phi) is 6.65. The Hall–Kier alpha value is -3.84. The molecule has 3 heterocycles. The number of thiazole rings is 1. The van der Waals surface area contributed by atoms with Crippen molar-refractivity contribution < 1.29 is 23.1 Å². The van der Waals surface area contributed by atoms with Crippen LogP contribution in [0.3, 0.4) is 0 Å². The molecule has 5 N–H and O–H groups in total. The van der Waals surface area contributed by atoms with E-state index >= 15 is 0 Å². The molecule has 1 aliphatic rings. The highest BCUT2D eigenvalue weighted by atomic mass is 32.1. The number of nitrogens with zero attached hydrogens (tertiary/aromatic N) is 4. The van der Waals surface area contributed by atoms with Gasteiger partial charge in [-0.05, 0) is 60.6 Å². The lowest BCUT2D eigenvalue weighted by atomic mass is 9.72. The van der Waals surface area contributed by atoms with Crippen LogP contribution in [0.1, 0.15) is 36.9 Å². The zero-order chi connectivity index (χ0) is 27.1. The maximum absolute atomic E-state index is 13.1. The average Bonchev–Trinajstić information content (AvgIpc) is 3.56. The van der Waals surface area contributed by atoms with Gasteiger partial charge in [0.15, 0.2) is 0 Å². The third-order valence-electron chi connectivity index (χ3n) is 6.74. The van der Waals surface area contributed by atoms with E-state index in [0.29, 0.717) is 30.0 Å². The summed E-state index contributed by atoms with van der Waals surface area (Å²) in [5.74, 6) is -0.936. The molecule has 0 saturated heterocycles. The number of nitrogens with two attached hydrogens (primary N) is 1. The lowest BCUT2D eigenvalue weighted by molar-refractivity contribution is -0.141. The molecule has 4 aromatic rings. The molecule has 0 spiro atoms. The second-order valence-electron chi connectivity index (χ2n) is 9.46. The van der Waals surface area contributed by atoms with Gasteiger partial charge in [0.25, 0.3) is 0 Å². The van der Waals surface area contributed by atoms with Gasteiger partial charge in [-0.2, -0.15) is 18.3 Å². The van der Waals surface area contributed by atoms with E-state index in [1.165, 1.54) is 11.3 Å². The Morgan fingerprint density at radius 1 is 1.21 bits per heavy atom. The van der Waals surface area contributed by atoms with Crippen molar-refractivity contribution in [3.63, 3.8) is 0 Å². The van der Waals surface area contributed by atoms with Crippen molar-refractivity contribution in [3.05, 3.63) is 59.8 Å². The molecule has 1 saturated carbocycles. The number of halogens is 3. The third-order valence-corrected chi connectivity index (χ3v) is 7.98. The molecule has 1 aliphatic carbocycles. The van der Waals surface area contributed by atoms with E-state index in [0.717, 1.165) is 33.8 Å². The fraction of sp³-hybridized carbons (Fsp3) is 0.320. The molecule has 9 nitrogen and oxygen atoms in total. The van der Waals surface area contributed by atoms with Crippen LogP contribution < -0.4 is 11.1 Å². The Labute approximate surface area is 219 Å². The van der Waals surface area contributed by atoms with E-state index in [1.807, 2.05) is 13.0 Å². The summed E-state index contributed by atoms with van der Waals surface area (Å²) in [5, 5.41) is 21.5. The summed E-state index contributed by atoms with van der Waals surface area (Å²) in [6.45, 7) is 1.90. The zero-order valence-corrected chi connectivity index (χ0v) is 21.0. The van der Waals surface area contributed by atoms with E-state index < -0.39 is 17.5 Å². The third kappa shape index (κ3) is 5.24. The van der Waals surface area contributed by atoms with Gasteiger partial charge in [0, 0.05) is 35.8 Å². The summed E-state index contributed by atoms with van der Waals surface area (Å²) >= 11 is 1.32. The lowest BCUT2D eigenvalue weighted by Crippen LogP contribution is -2.40. The van der Waals surface area contributed by atoms with Crippen molar-refractivity contribution in [3.8, 4) is 21.6 Å².